The number of rotatable bonds is 5. The van der Waals surface area contributed by atoms with Crippen LogP contribution < -0.4 is 4.72 Å². The van der Waals surface area contributed by atoms with E-state index in [4.69, 9.17) is 0 Å². The van der Waals surface area contributed by atoms with E-state index in [1.165, 1.54) is 0 Å². The lowest BCUT2D eigenvalue weighted by Crippen LogP contribution is -2.36. The van der Waals surface area contributed by atoms with Crippen LogP contribution in [0.1, 0.15) is 19.4 Å². The first-order valence-corrected chi connectivity index (χ1v) is 9.31. The van der Waals surface area contributed by atoms with Crippen LogP contribution in [-0.2, 0) is 15.4 Å². The van der Waals surface area contributed by atoms with Gasteiger partial charge in [0, 0.05) is 16.4 Å². The molecule has 1 aromatic heterocycles. The topological polar surface area (TPSA) is 46.2 Å². The van der Waals surface area contributed by atoms with Crippen molar-refractivity contribution in [1.82, 2.24) is 4.72 Å². The third kappa shape index (κ3) is 3.69. The van der Waals surface area contributed by atoms with Crippen molar-refractivity contribution in [2.45, 2.75) is 24.2 Å². The maximum atomic E-state index is 12.2. The van der Waals surface area contributed by atoms with Crippen LogP contribution in [0.4, 0.5) is 0 Å². The molecule has 0 atom stereocenters. The monoisotopic (exact) mass is 373 g/mol. The summed E-state index contributed by atoms with van der Waals surface area (Å²) in [5.74, 6) is 0. The van der Waals surface area contributed by atoms with E-state index in [2.05, 4.69) is 20.7 Å². The minimum absolute atomic E-state index is 0.234. The normalized spacial score (nSPS) is 12.6. The molecule has 2 rings (SSSR count). The highest BCUT2D eigenvalue weighted by Crippen LogP contribution is 2.25. The first-order valence-electron chi connectivity index (χ1n) is 6.09. The van der Waals surface area contributed by atoms with Gasteiger partial charge in [0.15, 0.2) is 0 Å². The quantitative estimate of drug-likeness (QED) is 0.866. The summed E-state index contributed by atoms with van der Waals surface area (Å²) in [6.45, 7) is 4.42. The number of hydrogen-bond donors (Lipinski definition) is 1. The van der Waals surface area contributed by atoms with Crippen LogP contribution in [0, 0.1) is 0 Å². The summed E-state index contributed by atoms with van der Waals surface area (Å²) in [4.78, 5) is 0.279. The van der Waals surface area contributed by atoms with Crippen molar-refractivity contribution in [2.24, 2.45) is 0 Å². The van der Waals surface area contributed by atoms with Crippen LogP contribution in [0.5, 0.6) is 0 Å². The molecule has 0 saturated heterocycles. The number of thiophene rings is 1. The standard InChI is InChI=1S/C14H16BrNO2S2/c1-14(2,11-7-8-19-9-11)10-16-20(17,18)13-5-3-12(15)4-6-13/h3-9,16H,10H2,1-2H3. The van der Waals surface area contributed by atoms with Crippen molar-refractivity contribution >= 4 is 37.3 Å². The van der Waals surface area contributed by atoms with Gasteiger partial charge in [0.1, 0.15) is 0 Å². The van der Waals surface area contributed by atoms with Gasteiger partial charge in [0.25, 0.3) is 0 Å². The van der Waals surface area contributed by atoms with E-state index in [-0.39, 0.29) is 10.3 Å². The molecule has 0 radical (unpaired) electrons. The summed E-state index contributed by atoms with van der Waals surface area (Å²) in [5.41, 5.74) is 0.906. The molecule has 0 fully saturated rings. The summed E-state index contributed by atoms with van der Waals surface area (Å²) in [6.07, 6.45) is 0. The zero-order valence-electron chi connectivity index (χ0n) is 11.3. The molecule has 2 aromatic rings. The number of halogens is 1. The average molecular weight is 374 g/mol. The van der Waals surface area contributed by atoms with Crippen molar-refractivity contribution in [1.29, 1.82) is 0 Å². The highest BCUT2D eigenvalue weighted by atomic mass is 79.9. The van der Waals surface area contributed by atoms with Crippen LogP contribution in [0.2, 0.25) is 0 Å². The summed E-state index contributed by atoms with van der Waals surface area (Å²) in [6, 6.07) is 8.64. The molecule has 6 heteroatoms. The Bertz CT molecular complexity index is 662. The Morgan fingerprint density at radius 2 is 1.85 bits per heavy atom. The Hall–Kier alpha value is -0.690. The van der Waals surface area contributed by atoms with Gasteiger partial charge in [0.2, 0.25) is 10.0 Å². The molecule has 1 heterocycles. The van der Waals surface area contributed by atoms with Crippen molar-refractivity contribution in [3.05, 3.63) is 51.1 Å². The summed E-state index contributed by atoms with van der Waals surface area (Å²) >= 11 is 4.91. The fourth-order valence-electron chi connectivity index (χ4n) is 1.72. The van der Waals surface area contributed by atoms with Gasteiger partial charge >= 0.3 is 0 Å². The zero-order valence-corrected chi connectivity index (χ0v) is 14.5. The van der Waals surface area contributed by atoms with E-state index in [0.29, 0.717) is 6.54 Å². The summed E-state index contributed by atoms with van der Waals surface area (Å²) in [5, 5.41) is 4.05. The van der Waals surface area contributed by atoms with Gasteiger partial charge in [-0.15, -0.1) is 0 Å². The van der Waals surface area contributed by atoms with Crippen LogP contribution >= 0.6 is 27.3 Å². The Balaban J connectivity index is 2.12. The predicted octanol–water partition coefficient (Wildman–Crippen LogP) is 3.77. The molecule has 0 aliphatic carbocycles. The van der Waals surface area contributed by atoms with E-state index >= 15 is 0 Å². The largest absolute Gasteiger partial charge is 0.240 e. The Morgan fingerprint density at radius 3 is 2.40 bits per heavy atom. The van der Waals surface area contributed by atoms with Gasteiger partial charge < -0.3 is 0 Å². The summed E-state index contributed by atoms with van der Waals surface area (Å²) in [7, 11) is -3.47. The second-order valence-corrected chi connectivity index (χ2v) is 8.64. The molecule has 0 bridgehead atoms. The van der Waals surface area contributed by atoms with Gasteiger partial charge in [-0.1, -0.05) is 29.8 Å². The van der Waals surface area contributed by atoms with E-state index < -0.39 is 10.0 Å². The second kappa shape index (κ2) is 5.97. The van der Waals surface area contributed by atoms with E-state index in [9.17, 15) is 8.42 Å². The molecule has 20 heavy (non-hydrogen) atoms. The molecule has 0 unspecified atom stereocenters. The molecule has 108 valence electrons. The lowest BCUT2D eigenvalue weighted by molar-refractivity contribution is 0.503. The van der Waals surface area contributed by atoms with E-state index in [0.717, 1.165) is 10.0 Å². The van der Waals surface area contributed by atoms with Crippen molar-refractivity contribution < 1.29 is 8.42 Å². The van der Waals surface area contributed by atoms with Crippen LogP contribution in [0.25, 0.3) is 0 Å². The Kier molecular flexibility index (Phi) is 4.69. The lowest BCUT2D eigenvalue weighted by Gasteiger charge is -2.24. The maximum absolute atomic E-state index is 12.2. The van der Waals surface area contributed by atoms with Gasteiger partial charge in [-0.25, -0.2) is 13.1 Å². The maximum Gasteiger partial charge on any atom is 0.240 e. The van der Waals surface area contributed by atoms with Gasteiger partial charge in [-0.05, 0) is 46.7 Å². The molecule has 0 aliphatic rings. The SMILES string of the molecule is CC(C)(CNS(=O)(=O)c1ccc(Br)cc1)c1ccsc1. The van der Waals surface area contributed by atoms with Crippen molar-refractivity contribution in [3.8, 4) is 0 Å². The third-order valence-electron chi connectivity index (χ3n) is 3.13. The average Bonchev–Trinajstić information content (AvgIpc) is 2.92. The van der Waals surface area contributed by atoms with E-state index in [1.807, 2.05) is 30.7 Å². The van der Waals surface area contributed by atoms with Crippen LogP contribution in [0.3, 0.4) is 0 Å². The van der Waals surface area contributed by atoms with E-state index in [1.54, 1.807) is 35.6 Å². The molecule has 1 aromatic carbocycles. The first-order chi connectivity index (χ1) is 9.31. The predicted molar refractivity (Wildman–Crippen MR) is 86.7 cm³/mol. The molecule has 0 aliphatic heterocycles. The molecule has 1 N–H and O–H groups in total. The highest BCUT2D eigenvalue weighted by molar-refractivity contribution is 9.10. The van der Waals surface area contributed by atoms with Crippen molar-refractivity contribution in [2.75, 3.05) is 6.54 Å². The minimum atomic E-state index is -3.47. The third-order valence-corrected chi connectivity index (χ3v) is 5.76. The molecule has 0 spiro atoms. The lowest BCUT2D eigenvalue weighted by atomic mass is 9.87. The number of benzene rings is 1. The van der Waals surface area contributed by atoms with Gasteiger partial charge in [0.05, 0.1) is 4.90 Å². The highest BCUT2D eigenvalue weighted by Gasteiger charge is 2.24. The van der Waals surface area contributed by atoms with Crippen LogP contribution in [-0.4, -0.2) is 15.0 Å². The van der Waals surface area contributed by atoms with Crippen molar-refractivity contribution in [3.63, 3.8) is 0 Å². The molecular formula is C14H16BrNO2S2. The zero-order chi connectivity index (χ0) is 14.8. The van der Waals surface area contributed by atoms with Crippen LogP contribution in [0.15, 0.2) is 50.5 Å². The molecule has 3 nitrogen and oxygen atoms in total. The Labute approximate surface area is 132 Å². The smallest absolute Gasteiger partial charge is 0.210 e. The molecule has 0 saturated carbocycles. The number of hydrogen-bond acceptors (Lipinski definition) is 3. The minimum Gasteiger partial charge on any atom is -0.210 e. The molecular weight excluding hydrogens is 358 g/mol. The summed E-state index contributed by atoms with van der Waals surface area (Å²) < 4.78 is 28.0. The van der Waals surface area contributed by atoms with Gasteiger partial charge in [-0.2, -0.15) is 11.3 Å². The Morgan fingerprint density at radius 1 is 1.20 bits per heavy atom. The van der Waals surface area contributed by atoms with Gasteiger partial charge in [-0.3, -0.25) is 0 Å². The first kappa shape index (κ1) is 15.7. The number of nitrogens with one attached hydrogen (secondary N) is 1. The fourth-order valence-corrected chi connectivity index (χ4v) is 4.05. The molecule has 0 amide bonds. The number of sulfonamides is 1. The fraction of sp³-hybridized carbons (Fsp3) is 0.286. The second-order valence-electron chi connectivity index (χ2n) is 5.17.